The van der Waals surface area contributed by atoms with Crippen molar-refractivity contribution in [1.82, 2.24) is 5.32 Å². The van der Waals surface area contributed by atoms with Gasteiger partial charge in [-0.15, -0.1) is 0 Å². The summed E-state index contributed by atoms with van der Waals surface area (Å²) in [5.41, 5.74) is 13.2. The monoisotopic (exact) mass is 797 g/mol. The molecule has 3 nitrogen and oxygen atoms in total. The standard InChI is InChI=1S/C44H34N2.C15H13N/c1-3-12-32(13-4-1)34-16-11-17-36(27-34)42-28-35(33-14-5-2-6-15-33)23-25-44(42)46-30-45-29-31-22-24-41-39-20-8-7-18-37(39)38-19-9-10-21-40(38)43(41)26-31;1-2-15(16)14-10-6-9-13(11-14)12-7-4-3-5-8-12/h1-28,45-46H,29-30H2;2-11,16H,1H2. The summed E-state index contributed by atoms with van der Waals surface area (Å²) in [6.45, 7) is 5.03. The van der Waals surface area contributed by atoms with Crippen molar-refractivity contribution in [2.75, 3.05) is 12.0 Å². The molecule has 0 fully saturated rings. The molecule has 10 aromatic carbocycles. The Bertz CT molecular complexity index is 3120. The van der Waals surface area contributed by atoms with Crippen molar-refractivity contribution in [1.29, 1.82) is 5.41 Å². The molecular formula is C59H47N3. The van der Waals surface area contributed by atoms with Crippen molar-refractivity contribution in [3.05, 3.63) is 248 Å². The van der Waals surface area contributed by atoms with Crippen LogP contribution in [0.5, 0.6) is 0 Å². The predicted octanol–water partition coefficient (Wildman–Crippen LogP) is 15.2. The lowest BCUT2D eigenvalue weighted by Crippen LogP contribution is -2.21. The van der Waals surface area contributed by atoms with Gasteiger partial charge in [-0.1, -0.05) is 201 Å². The van der Waals surface area contributed by atoms with Crippen molar-refractivity contribution < 1.29 is 0 Å². The lowest BCUT2D eigenvalue weighted by molar-refractivity contribution is 0.735. The quantitative estimate of drug-likeness (QED) is 0.0528. The molecule has 10 aromatic rings. The van der Waals surface area contributed by atoms with Crippen LogP contribution in [0.15, 0.2) is 237 Å². The molecule has 0 unspecified atom stereocenters. The number of benzene rings is 10. The van der Waals surface area contributed by atoms with Gasteiger partial charge < -0.3 is 10.7 Å². The Balaban J connectivity index is 0.000000258. The van der Waals surface area contributed by atoms with Gasteiger partial charge in [0.1, 0.15) is 0 Å². The summed E-state index contributed by atoms with van der Waals surface area (Å²) in [6, 6.07) is 79.3. The summed E-state index contributed by atoms with van der Waals surface area (Å²) < 4.78 is 0. The van der Waals surface area contributed by atoms with Gasteiger partial charge in [0.15, 0.2) is 0 Å². The van der Waals surface area contributed by atoms with Crippen LogP contribution >= 0.6 is 0 Å². The Labute approximate surface area is 364 Å². The molecule has 3 N–H and O–H groups in total. The second-order valence-electron chi connectivity index (χ2n) is 15.4. The molecule has 0 saturated heterocycles. The molecule has 0 bridgehead atoms. The zero-order valence-corrected chi connectivity index (χ0v) is 34.6. The first-order valence-corrected chi connectivity index (χ1v) is 21.1. The van der Waals surface area contributed by atoms with E-state index in [9.17, 15) is 0 Å². The molecule has 0 atom stereocenters. The number of rotatable bonds is 11. The first-order chi connectivity index (χ1) is 30.6. The molecule has 0 heterocycles. The van der Waals surface area contributed by atoms with E-state index >= 15 is 0 Å². The van der Waals surface area contributed by atoms with E-state index in [1.165, 1.54) is 76.8 Å². The second kappa shape index (κ2) is 18.6. The summed E-state index contributed by atoms with van der Waals surface area (Å²) in [6.07, 6.45) is 1.56. The van der Waals surface area contributed by atoms with Crippen LogP contribution < -0.4 is 10.6 Å². The number of hydrogen-bond acceptors (Lipinski definition) is 3. The van der Waals surface area contributed by atoms with Crippen LogP contribution in [0.2, 0.25) is 0 Å². The highest BCUT2D eigenvalue weighted by Gasteiger charge is 2.11. The van der Waals surface area contributed by atoms with Crippen LogP contribution in [-0.4, -0.2) is 12.4 Å². The van der Waals surface area contributed by atoms with Crippen LogP contribution in [0.3, 0.4) is 0 Å². The van der Waals surface area contributed by atoms with Crippen molar-refractivity contribution in [2.45, 2.75) is 6.54 Å². The summed E-state index contributed by atoms with van der Waals surface area (Å²) in [5, 5.41) is 22.9. The predicted molar refractivity (Wildman–Crippen MR) is 266 cm³/mol. The molecule has 0 amide bonds. The highest BCUT2D eigenvalue weighted by Crippen LogP contribution is 2.37. The Morgan fingerprint density at radius 3 is 1.45 bits per heavy atom. The third-order valence-electron chi connectivity index (χ3n) is 11.4. The number of hydrogen-bond donors (Lipinski definition) is 3. The Morgan fingerprint density at radius 2 is 0.871 bits per heavy atom. The lowest BCUT2D eigenvalue weighted by atomic mass is 9.93. The average Bonchev–Trinajstić information content (AvgIpc) is 3.36. The number of fused-ring (bicyclic) bond motifs is 6. The molecule has 0 radical (unpaired) electrons. The fourth-order valence-electron chi connectivity index (χ4n) is 8.29. The lowest BCUT2D eigenvalue weighted by Gasteiger charge is -2.16. The molecule has 0 aliphatic rings. The molecule has 0 aromatic heterocycles. The maximum Gasteiger partial charge on any atom is 0.0655 e. The minimum Gasteiger partial charge on any atom is -0.372 e. The third-order valence-corrected chi connectivity index (χ3v) is 11.4. The van der Waals surface area contributed by atoms with Crippen LogP contribution in [-0.2, 0) is 6.54 Å². The Morgan fingerprint density at radius 1 is 0.403 bits per heavy atom. The molecular weight excluding hydrogens is 751 g/mol. The smallest absolute Gasteiger partial charge is 0.0655 e. The fourth-order valence-corrected chi connectivity index (χ4v) is 8.29. The highest BCUT2D eigenvalue weighted by atomic mass is 15.1. The molecule has 0 aliphatic heterocycles. The minimum absolute atomic E-state index is 0.456. The van der Waals surface area contributed by atoms with E-state index < -0.39 is 0 Å². The van der Waals surface area contributed by atoms with Crippen LogP contribution in [0.1, 0.15) is 11.1 Å². The summed E-state index contributed by atoms with van der Waals surface area (Å²) in [4.78, 5) is 0. The summed E-state index contributed by atoms with van der Waals surface area (Å²) in [5.74, 6) is 0. The largest absolute Gasteiger partial charge is 0.372 e. The Kier molecular flexibility index (Phi) is 11.9. The van der Waals surface area contributed by atoms with Crippen LogP contribution in [0, 0.1) is 5.41 Å². The number of allylic oxidation sites excluding steroid dienone is 1. The van der Waals surface area contributed by atoms with Gasteiger partial charge in [0.2, 0.25) is 0 Å². The van der Waals surface area contributed by atoms with E-state index in [0.717, 1.165) is 23.4 Å². The van der Waals surface area contributed by atoms with Crippen molar-refractivity contribution in [3.63, 3.8) is 0 Å². The van der Waals surface area contributed by atoms with Crippen LogP contribution in [0.4, 0.5) is 5.69 Å². The van der Waals surface area contributed by atoms with Crippen LogP contribution in [0.25, 0.3) is 76.8 Å². The van der Waals surface area contributed by atoms with Gasteiger partial charge in [-0.05, 0) is 119 Å². The second-order valence-corrected chi connectivity index (χ2v) is 15.4. The summed E-state index contributed by atoms with van der Waals surface area (Å²) >= 11 is 0. The van der Waals surface area contributed by atoms with E-state index in [4.69, 9.17) is 5.41 Å². The van der Waals surface area contributed by atoms with Crippen molar-refractivity contribution >= 4 is 43.7 Å². The molecule has 62 heavy (non-hydrogen) atoms. The zero-order valence-electron chi connectivity index (χ0n) is 34.6. The average molecular weight is 798 g/mol. The number of nitrogens with one attached hydrogen (secondary N) is 3. The Hall–Kier alpha value is -7.85. The minimum atomic E-state index is 0.456. The SMILES string of the molecule is C=CC(=N)c1cccc(-c2ccccc2)c1.c1ccc(-c2cccc(-c3cc(-c4ccccc4)ccc3NCNCc3ccc4c5ccccc5c5ccccc5c4c3)c2)cc1. The number of anilines is 1. The van der Waals surface area contributed by atoms with E-state index in [1.54, 1.807) is 6.08 Å². The molecule has 0 saturated carbocycles. The molecule has 298 valence electrons. The third kappa shape index (κ3) is 8.71. The zero-order chi connectivity index (χ0) is 42.1. The van der Waals surface area contributed by atoms with E-state index in [2.05, 4.69) is 205 Å². The molecule has 3 heteroatoms. The molecule has 10 rings (SSSR count). The van der Waals surface area contributed by atoms with Gasteiger partial charge in [0.05, 0.1) is 12.4 Å². The van der Waals surface area contributed by atoms with Gasteiger partial charge in [0.25, 0.3) is 0 Å². The maximum atomic E-state index is 7.72. The van der Waals surface area contributed by atoms with Gasteiger partial charge in [-0.3, -0.25) is 5.32 Å². The maximum absolute atomic E-state index is 7.72. The first kappa shape index (κ1) is 39.6. The van der Waals surface area contributed by atoms with Gasteiger partial charge in [-0.25, -0.2) is 0 Å². The van der Waals surface area contributed by atoms with E-state index in [1.807, 2.05) is 36.4 Å². The van der Waals surface area contributed by atoms with Crippen molar-refractivity contribution in [2.24, 2.45) is 0 Å². The molecule has 0 spiro atoms. The fraction of sp³-hybridized carbons (Fsp3) is 0.0339. The summed E-state index contributed by atoms with van der Waals surface area (Å²) in [7, 11) is 0. The van der Waals surface area contributed by atoms with Gasteiger partial charge in [0, 0.05) is 17.8 Å². The first-order valence-electron chi connectivity index (χ1n) is 21.1. The topological polar surface area (TPSA) is 47.9 Å². The highest BCUT2D eigenvalue weighted by molar-refractivity contribution is 6.25. The van der Waals surface area contributed by atoms with Gasteiger partial charge in [-0.2, -0.15) is 0 Å². The van der Waals surface area contributed by atoms with Gasteiger partial charge >= 0.3 is 0 Å². The van der Waals surface area contributed by atoms with E-state index in [0.29, 0.717) is 12.4 Å². The normalized spacial score (nSPS) is 10.9. The van der Waals surface area contributed by atoms with E-state index in [-0.39, 0.29) is 0 Å². The van der Waals surface area contributed by atoms with Crippen molar-refractivity contribution in [3.8, 4) is 44.5 Å². The molecule has 0 aliphatic carbocycles.